The predicted octanol–water partition coefficient (Wildman–Crippen LogP) is 3.36. The molecule has 2 heterocycles. The molecule has 7 nitrogen and oxygen atoms in total. The molecular formula is C19H17BrN6O. The first-order valence-corrected chi connectivity index (χ1v) is 9.31. The fourth-order valence-electron chi connectivity index (χ4n) is 2.68. The summed E-state index contributed by atoms with van der Waals surface area (Å²) in [6, 6.07) is 16.3. The van der Waals surface area contributed by atoms with Crippen LogP contribution in [0.25, 0.3) is 0 Å². The third-order valence-corrected chi connectivity index (χ3v) is 4.51. The zero-order chi connectivity index (χ0) is 18.6. The lowest BCUT2D eigenvalue weighted by Crippen LogP contribution is -2.05. The molecule has 0 aliphatic heterocycles. The van der Waals surface area contributed by atoms with Crippen LogP contribution in [0.3, 0.4) is 0 Å². The molecule has 0 spiro atoms. The number of hydrogen-bond donors (Lipinski definition) is 0. The molecular weight excluding hydrogens is 408 g/mol. The van der Waals surface area contributed by atoms with Gasteiger partial charge in [0.15, 0.2) is 11.6 Å². The van der Waals surface area contributed by atoms with E-state index in [2.05, 4.69) is 72.7 Å². The largest absolute Gasteiger partial charge is 0.337 e. The highest BCUT2D eigenvalue weighted by atomic mass is 79.9. The number of tetrazole rings is 1. The quantitative estimate of drug-likeness (QED) is 0.471. The summed E-state index contributed by atoms with van der Waals surface area (Å²) in [5, 5.41) is 16.6. The standard InChI is InChI=1S/C19H17BrN6O/c1-13-5-7-14(8-6-13)10-18-22-25-26(23-18)12-19-21-17(24-27-19)11-15-3-2-4-16(20)9-15/h2-9H,10-12H2,1H3. The van der Waals surface area contributed by atoms with E-state index in [4.69, 9.17) is 4.52 Å². The Balaban J connectivity index is 1.39. The van der Waals surface area contributed by atoms with E-state index in [-0.39, 0.29) is 0 Å². The van der Waals surface area contributed by atoms with Gasteiger partial charge in [0.1, 0.15) is 6.54 Å². The maximum Gasteiger partial charge on any atom is 0.250 e. The van der Waals surface area contributed by atoms with E-state index in [1.54, 1.807) is 0 Å². The number of aromatic nitrogens is 6. The third kappa shape index (κ3) is 4.65. The molecule has 0 N–H and O–H groups in total. The van der Waals surface area contributed by atoms with Crippen molar-refractivity contribution < 1.29 is 4.52 Å². The number of nitrogens with zero attached hydrogens (tertiary/aromatic N) is 6. The van der Waals surface area contributed by atoms with Gasteiger partial charge in [-0.15, -0.1) is 10.2 Å². The Kier molecular flexibility index (Phi) is 5.06. The van der Waals surface area contributed by atoms with Crippen molar-refractivity contribution >= 4 is 15.9 Å². The van der Waals surface area contributed by atoms with Gasteiger partial charge in [-0.2, -0.15) is 9.78 Å². The highest BCUT2D eigenvalue weighted by Gasteiger charge is 2.11. The zero-order valence-corrected chi connectivity index (χ0v) is 16.3. The van der Waals surface area contributed by atoms with Crippen molar-refractivity contribution in [2.24, 2.45) is 0 Å². The van der Waals surface area contributed by atoms with Crippen LogP contribution >= 0.6 is 15.9 Å². The maximum absolute atomic E-state index is 5.31. The number of aryl methyl sites for hydroxylation is 1. The molecule has 0 radical (unpaired) electrons. The number of rotatable bonds is 6. The van der Waals surface area contributed by atoms with E-state index in [1.165, 1.54) is 10.4 Å². The minimum atomic E-state index is 0.298. The van der Waals surface area contributed by atoms with Gasteiger partial charge in [0.2, 0.25) is 5.89 Å². The normalized spacial score (nSPS) is 11.0. The molecule has 0 atom stereocenters. The Labute approximate surface area is 164 Å². The van der Waals surface area contributed by atoms with Crippen LogP contribution < -0.4 is 0 Å². The van der Waals surface area contributed by atoms with Crippen molar-refractivity contribution in [3.05, 3.63) is 87.2 Å². The van der Waals surface area contributed by atoms with Gasteiger partial charge in [-0.3, -0.25) is 0 Å². The average Bonchev–Trinajstić information content (AvgIpc) is 3.27. The van der Waals surface area contributed by atoms with Crippen LogP contribution in [0.5, 0.6) is 0 Å². The van der Waals surface area contributed by atoms with Gasteiger partial charge >= 0.3 is 0 Å². The van der Waals surface area contributed by atoms with Crippen molar-refractivity contribution in [3.63, 3.8) is 0 Å². The van der Waals surface area contributed by atoms with Crippen LogP contribution in [0.15, 0.2) is 57.5 Å². The molecule has 136 valence electrons. The highest BCUT2D eigenvalue weighted by molar-refractivity contribution is 9.10. The second kappa shape index (κ2) is 7.79. The zero-order valence-electron chi connectivity index (χ0n) is 14.7. The van der Waals surface area contributed by atoms with Crippen LogP contribution in [0.4, 0.5) is 0 Å². The summed E-state index contributed by atoms with van der Waals surface area (Å²) in [6.45, 7) is 2.36. The van der Waals surface area contributed by atoms with Crippen LogP contribution in [0, 0.1) is 6.92 Å². The van der Waals surface area contributed by atoms with E-state index >= 15 is 0 Å². The van der Waals surface area contributed by atoms with E-state index < -0.39 is 0 Å². The summed E-state index contributed by atoms with van der Waals surface area (Å²) < 4.78 is 6.33. The van der Waals surface area contributed by atoms with E-state index in [0.717, 1.165) is 15.6 Å². The van der Waals surface area contributed by atoms with Gasteiger partial charge in [-0.25, -0.2) is 0 Å². The lowest BCUT2D eigenvalue weighted by atomic mass is 10.1. The molecule has 0 fully saturated rings. The lowest BCUT2D eigenvalue weighted by molar-refractivity contribution is 0.352. The van der Waals surface area contributed by atoms with Gasteiger partial charge in [0, 0.05) is 17.3 Å². The van der Waals surface area contributed by atoms with Crippen LogP contribution in [-0.4, -0.2) is 30.3 Å². The molecule has 0 bridgehead atoms. The number of benzene rings is 2. The van der Waals surface area contributed by atoms with E-state index in [9.17, 15) is 0 Å². The number of halogens is 1. The Morgan fingerprint density at radius 2 is 1.81 bits per heavy atom. The maximum atomic E-state index is 5.31. The summed E-state index contributed by atoms with van der Waals surface area (Å²) in [7, 11) is 0. The van der Waals surface area contributed by atoms with E-state index in [0.29, 0.717) is 36.9 Å². The highest BCUT2D eigenvalue weighted by Crippen LogP contribution is 2.14. The Morgan fingerprint density at radius 1 is 1.00 bits per heavy atom. The molecule has 0 amide bonds. The molecule has 4 aromatic rings. The summed E-state index contributed by atoms with van der Waals surface area (Å²) >= 11 is 3.46. The lowest BCUT2D eigenvalue weighted by Gasteiger charge is -1.97. The second-order valence-corrected chi connectivity index (χ2v) is 7.23. The Bertz CT molecular complexity index is 1040. The van der Waals surface area contributed by atoms with E-state index in [1.807, 2.05) is 24.3 Å². The molecule has 0 aliphatic rings. The third-order valence-electron chi connectivity index (χ3n) is 4.02. The van der Waals surface area contributed by atoms with Crippen LogP contribution in [0.1, 0.15) is 34.2 Å². The molecule has 8 heteroatoms. The molecule has 4 rings (SSSR count). The Morgan fingerprint density at radius 3 is 2.63 bits per heavy atom. The minimum Gasteiger partial charge on any atom is -0.337 e. The van der Waals surface area contributed by atoms with Crippen molar-refractivity contribution in [2.75, 3.05) is 0 Å². The average molecular weight is 425 g/mol. The molecule has 0 unspecified atom stereocenters. The van der Waals surface area contributed by atoms with Gasteiger partial charge in [-0.05, 0) is 35.4 Å². The van der Waals surface area contributed by atoms with Crippen LogP contribution in [-0.2, 0) is 19.4 Å². The first-order chi connectivity index (χ1) is 13.1. The molecule has 27 heavy (non-hydrogen) atoms. The first kappa shape index (κ1) is 17.5. The fraction of sp³-hybridized carbons (Fsp3) is 0.211. The van der Waals surface area contributed by atoms with Gasteiger partial charge in [0.05, 0.1) is 0 Å². The van der Waals surface area contributed by atoms with Gasteiger partial charge in [0.25, 0.3) is 0 Å². The first-order valence-electron chi connectivity index (χ1n) is 8.52. The summed E-state index contributed by atoms with van der Waals surface area (Å²) in [6.07, 6.45) is 1.24. The molecule has 2 aromatic heterocycles. The molecule has 0 aliphatic carbocycles. The second-order valence-electron chi connectivity index (χ2n) is 6.31. The Hall–Kier alpha value is -2.87. The van der Waals surface area contributed by atoms with Crippen molar-refractivity contribution in [1.29, 1.82) is 0 Å². The van der Waals surface area contributed by atoms with Gasteiger partial charge < -0.3 is 4.52 Å². The monoisotopic (exact) mass is 424 g/mol. The topological polar surface area (TPSA) is 82.5 Å². The molecule has 0 saturated heterocycles. The predicted molar refractivity (Wildman–Crippen MR) is 102 cm³/mol. The summed E-state index contributed by atoms with van der Waals surface area (Å²) in [5.74, 6) is 1.75. The minimum absolute atomic E-state index is 0.298. The smallest absolute Gasteiger partial charge is 0.250 e. The van der Waals surface area contributed by atoms with Crippen molar-refractivity contribution in [2.45, 2.75) is 26.3 Å². The summed E-state index contributed by atoms with van der Waals surface area (Å²) in [4.78, 5) is 5.88. The van der Waals surface area contributed by atoms with Crippen LogP contribution in [0.2, 0.25) is 0 Å². The van der Waals surface area contributed by atoms with Crippen molar-refractivity contribution in [3.8, 4) is 0 Å². The van der Waals surface area contributed by atoms with Gasteiger partial charge in [-0.1, -0.05) is 63.0 Å². The molecule has 0 saturated carbocycles. The fourth-order valence-corrected chi connectivity index (χ4v) is 3.13. The molecule has 2 aromatic carbocycles. The summed E-state index contributed by atoms with van der Waals surface area (Å²) in [5.41, 5.74) is 3.48. The number of hydrogen-bond acceptors (Lipinski definition) is 6. The SMILES string of the molecule is Cc1ccc(Cc2nnn(Cc3nc(Cc4cccc(Br)c4)no3)n2)cc1. The van der Waals surface area contributed by atoms with Crippen molar-refractivity contribution in [1.82, 2.24) is 30.3 Å².